The number of hydrazone groups is 1. The molecule has 0 bridgehead atoms. The Morgan fingerprint density at radius 2 is 2.04 bits per heavy atom. The summed E-state index contributed by atoms with van der Waals surface area (Å²) >= 11 is 9.10. The lowest BCUT2D eigenvalue weighted by atomic mass is 10.1. The molecular weight excluding hydrogens is 438 g/mol. The second-order valence-corrected chi connectivity index (χ2v) is 6.68. The average Bonchev–Trinajstić information content (AvgIpc) is 3.10. The van der Waals surface area contributed by atoms with Crippen LogP contribution in [0.15, 0.2) is 68.6 Å². The molecule has 0 aliphatic carbocycles. The van der Waals surface area contributed by atoms with Crippen LogP contribution in [0.2, 0.25) is 5.02 Å². The van der Waals surface area contributed by atoms with Gasteiger partial charge in [0.05, 0.1) is 16.7 Å². The molecule has 0 saturated carbocycles. The maximum absolute atomic E-state index is 12.0. The number of carbonyl (C=O) groups is 1. The molecule has 7 nitrogen and oxygen atoms in total. The first-order valence-corrected chi connectivity index (χ1v) is 8.74. The lowest BCUT2D eigenvalue weighted by molar-refractivity contribution is -0.384. The van der Waals surface area contributed by atoms with Crippen LogP contribution in [-0.2, 0) is 0 Å². The summed E-state index contributed by atoms with van der Waals surface area (Å²) in [4.78, 5) is 22.7. The molecule has 1 heterocycles. The monoisotopic (exact) mass is 447 g/mol. The van der Waals surface area contributed by atoms with E-state index in [9.17, 15) is 14.9 Å². The molecule has 0 spiro atoms. The number of furan rings is 1. The average molecular weight is 449 g/mol. The van der Waals surface area contributed by atoms with Gasteiger partial charge in [-0.3, -0.25) is 14.9 Å². The van der Waals surface area contributed by atoms with Crippen molar-refractivity contribution in [2.24, 2.45) is 5.10 Å². The molecule has 0 unspecified atom stereocenters. The molecule has 0 atom stereocenters. The SMILES string of the molecule is O=C(N/N=C\c1ccc(-c2ccc(Cl)cc2[N+](=O)[O-])o1)c1cccc(Br)c1. The van der Waals surface area contributed by atoms with Gasteiger partial charge in [-0.25, -0.2) is 5.43 Å². The van der Waals surface area contributed by atoms with Gasteiger partial charge >= 0.3 is 0 Å². The first-order chi connectivity index (χ1) is 12.9. The number of nitro benzene ring substituents is 1. The first-order valence-electron chi connectivity index (χ1n) is 7.57. The number of amides is 1. The third-order valence-corrected chi connectivity index (χ3v) is 4.22. The van der Waals surface area contributed by atoms with E-state index in [1.54, 1.807) is 42.5 Å². The summed E-state index contributed by atoms with van der Waals surface area (Å²) in [5.74, 6) is 0.231. The van der Waals surface area contributed by atoms with Crippen molar-refractivity contribution in [3.8, 4) is 11.3 Å². The predicted molar refractivity (Wildman–Crippen MR) is 105 cm³/mol. The topological polar surface area (TPSA) is 97.7 Å². The summed E-state index contributed by atoms with van der Waals surface area (Å²) in [5, 5.41) is 15.3. The van der Waals surface area contributed by atoms with Crippen LogP contribution in [0.25, 0.3) is 11.3 Å². The van der Waals surface area contributed by atoms with Gasteiger partial charge in [0.25, 0.3) is 11.6 Å². The molecule has 0 saturated heterocycles. The highest BCUT2D eigenvalue weighted by Gasteiger charge is 2.18. The quantitative estimate of drug-likeness (QED) is 0.336. The molecule has 1 amide bonds. The zero-order chi connectivity index (χ0) is 19.4. The zero-order valence-corrected chi connectivity index (χ0v) is 15.9. The molecule has 0 aliphatic heterocycles. The van der Waals surface area contributed by atoms with Crippen LogP contribution in [0.4, 0.5) is 5.69 Å². The lowest BCUT2D eigenvalue weighted by Crippen LogP contribution is -2.17. The lowest BCUT2D eigenvalue weighted by Gasteiger charge is -2.00. The van der Waals surface area contributed by atoms with E-state index in [-0.39, 0.29) is 22.4 Å². The smallest absolute Gasteiger partial charge is 0.281 e. The van der Waals surface area contributed by atoms with E-state index in [2.05, 4.69) is 26.5 Å². The van der Waals surface area contributed by atoms with E-state index >= 15 is 0 Å². The molecule has 0 radical (unpaired) electrons. The van der Waals surface area contributed by atoms with Gasteiger partial charge in [-0.15, -0.1) is 0 Å². The molecule has 1 aromatic heterocycles. The first kappa shape index (κ1) is 18.8. The van der Waals surface area contributed by atoms with Gasteiger partial charge in [0.1, 0.15) is 11.5 Å². The molecule has 9 heteroatoms. The van der Waals surface area contributed by atoms with Crippen molar-refractivity contribution in [1.29, 1.82) is 0 Å². The Morgan fingerprint density at radius 3 is 2.78 bits per heavy atom. The standard InChI is InChI=1S/C18H11BrClN3O4/c19-12-3-1-2-11(8-12)18(24)22-21-10-14-5-7-17(27-14)15-6-4-13(20)9-16(15)23(25)26/h1-10H,(H,22,24)/b21-10-. The van der Waals surface area contributed by atoms with Crippen LogP contribution in [0, 0.1) is 10.1 Å². The minimum atomic E-state index is -0.532. The van der Waals surface area contributed by atoms with Crippen molar-refractivity contribution < 1.29 is 14.1 Å². The minimum Gasteiger partial charge on any atom is -0.455 e. The third kappa shape index (κ3) is 4.60. The molecule has 3 aromatic rings. The van der Waals surface area contributed by atoms with Crippen molar-refractivity contribution in [2.75, 3.05) is 0 Å². The fourth-order valence-electron chi connectivity index (χ4n) is 2.28. The Morgan fingerprint density at radius 1 is 1.22 bits per heavy atom. The van der Waals surface area contributed by atoms with E-state index in [0.29, 0.717) is 16.9 Å². The maximum Gasteiger partial charge on any atom is 0.281 e. The molecule has 0 aliphatic rings. The van der Waals surface area contributed by atoms with E-state index in [0.717, 1.165) is 4.47 Å². The molecule has 0 fully saturated rings. The Balaban J connectivity index is 1.74. The van der Waals surface area contributed by atoms with Gasteiger partial charge in [-0.2, -0.15) is 5.10 Å². The Kier molecular flexibility index (Phi) is 5.68. The molecule has 3 rings (SSSR count). The van der Waals surface area contributed by atoms with Crippen molar-refractivity contribution in [3.05, 3.63) is 85.5 Å². The number of nitrogens with one attached hydrogen (secondary N) is 1. The van der Waals surface area contributed by atoms with E-state index in [1.165, 1.54) is 18.3 Å². The van der Waals surface area contributed by atoms with E-state index in [1.807, 2.05) is 0 Å². The second kappa shape index (κ2) is 8.15. The molecule has 1 N–H and O–H groups in total. The van der Waals surface area contributed by atoms with Crippen LogP contribution in [0.5, 0.6) is 0 Å². The molecule has 136 valence electrons. The van der Waals surface area contributed by atoms with Gasteiger partial charge in [-0.1, -0.05) is 33.6 Å². The molecular formula is C18H11BrClN3O4. The van der Waals surface area contributed by atoms with Gasteiger partial charge < -0.3 is 4.42 Å². The normalized spacial score (nSPS) is 10.9. The number of benzene rings is 2. The van der Waals surface area contributed by atoms with Crippen molar-refractivity contribution in [1.82, 2.24) is 5.43 Å². The van der Waals surface area contributed by atoms with Crippen LogP contribution in [-0.4, -0.2) is 17.0 Å². The Hall–Kier alpha value is -2.97. The molecule has 27 heavy (non-hydrogen) atoms. The number of nitro groups is 1. The highest BCUT2D eigenvalue weighted by molar-refractivity contribution is 9.10. The van der Waals surface area contributed by atoms with Gasteiger partial charge in [0, 0.05) is 21.1 Å². The summed E-state index contributed by atoms with van der Waals surface area (Å²) < 4.78 is 6.33. The van der Waals surface area contributed by atoms with Crippen molar-refractivity contribution in [2.45, 2.75) is 0 Å². The summed E-state index contributed by atoms with van der Waals surface area (Å²) in [6.45, 7) is 0. The maximum atomic E-state index is 12.0. The summed E-state index contributed by atoms with van der Waals surface area (Å²) in [6, 6.07) is 14.3. The van der Waals surface area contributed by atoms with Gasteiger partial charge in [0.2, 0.25) is 0 Å². The minimum absolute atomic E-state index is 0.164. The number of rotatable bonds is 5. The van der Waals surface area contributed by atoms with Crippen molar-refractivity contribution >= 4 is 45.3 Å². The second-order valence-electron chi connectivity index (χ2n) is 5.33. The largest absolute Gasteiger partial charge is 0.455 e. The van der Waals surface area contributed by atoms with Crippen molar-refractivity contribution in [3.63, 3.8) is 0 Å². The number of hydrogen-bond donors (Lipinski definition) is 1. The fourth-order valence-corrected chi connectivity index (χ4v) is 2.85. The Labute approximate surface area is 166 Å². The summed E-state index contributed by atoms with van der Waals surface area (Å²) in [7, 11) is 0. The van der Waals surface area contributed by atoms with E-state index in [4.69, 9.17) is 16.0 Å². The highest BCUT2D eigenvalue weighted by atomic mass is 79.9. The van der Waals surface area contributed by atoms with Crippen LogP contribution < -0.4 is 5.43 Å². The third-order valence-electron chi connectivity index (χ3n) is 3.49. The fraction of sp³-hybridized carbons (Fsp3) is 0. The van der Waals surface area contributed by atoms with Crippen LogP contribution in [0.1, 0.15) is 16.1 Å². The number of hydrogen-bond acceptors (Lipinski definition) is 5. The van der Waals surface area contributed by atoms with Crippen LogP contribution in [0.3, 0.4) is 0 Å². The number of nitrogens with zero attached hydrogens (tertiary/aromatic N) is 2. The summed E-state index contributed by atoms with van der Waals surface area (Å²) in [5.41, 5.74) is 2.96. The highest BCUT2D eigenvalue weighted by Crippen LogP contribution is 2.33. The predicted octanol–water partition coefficient (Wildman–Crippen LogP) is 5.03. The molecule has 2 aromatic carbocycles. The van der Waals surface area contributed by atoms with E-state index < -0.39 is 4.92 Å². The van der Waals surface area contributed by atoms with Crippen LogP contribution >= 0.6 is 27.5 Å². The Bertz CT molecular complexity index is 1050. The number of halogens is 2. The van der Waals surface area contributed by atoms with Gasteiger partial charge in [-0.05, 0) is 42.5 Å². The summed E-state index contributed by atoms with van der Waals surface area (Å²) in [6.07, 6.45) is 1.31. The number of carbonyl (C=O) groups excluding carboxylic acids is 1. The van der Waals surface area contributed by atoms with Gasteiger partial charge in [0.15, 0.2) is 0 Å². The zero-order valence-electron chi connectivity index (χ0n) is 13.6.